The van der Waals surface area contributed by atoms with Crippen molar-refractivity contribution in [1.82, 2.24) is 5.32 Å². The summed E-state index contributed by atoms with van der Waals surface area (Å²) in [6, 6.07) is 5.66. The molecule has 19 heavy (non-hydrogen) atoms. The zero-order valence-electron chi connectivity index (χ0n) is 11.3. The summed E-state index contributed by atoms with van der Waals surface area (Å²) in [7, 11) is 0. The molecule has 0 aromatic heterocycles. The third-order valence-electron chi connectivity index (χ3n) is 3.49. The van der Waals surface area contributed by atoms with Gasteiger partial charge in [0, 0.05) is 6.42 Å². The first-order valence-corrected chi connectivity index (χ1v) is 6.91. The number of benzene rings is 1. The molecule has 0 heterocycles. The van der Waals surface area contributed by atoms with E-state index < -0.39 is 12.0 Å². The summed E-state index contributed by atoms with van der Waals surface area (Å²) in [5.74, 6) is 0.0284. The van der Waals surface area contributed by atoms with Gasteiger partial charge in [-0.05, 0) is 49.1 Å². The molecule has 2 N–H and O–H groups in total. The van der Waals surface area contributed by atoms with E-state index in [4.69, 9.17) is 9.84 Å². The van der Waals surface area contributed by atoms with Gasteiger partial charge in [-0.1, -0.05) is 13.0 Å². The van der Waals surface area contributed by atoms with E-state index in [9.17, 15) is 4.79 Å². The third-order valence-corrected chi connectivity index (χ3v) is 3.49. The number of hydrogen-bond donors (Lipinski definition) is 2. The minimum absolute atomic E-state index is 0.419. The first-order valence-electron chi connectivity index (χ1n) is 6.91. The number of hydrogen-bond acceptors (Lipinski definition) is 3. The Morgan fingerprint density at radius 2 is 2.21 bits per heavy atom. The predicted octanol–water partition coefficient (Wildman–Crippen LogP) is 2.01. The highest BCUT2D eigenvalue weighted by Crippen LogP contribution is 2.26. The third kappa shape index (κ3) is 3.70. The number of aliphatic carboxylic acids is 1. The Morgan fingerprint density at radius 1 is 1.42 bits per heavy atom. The highest BCUT2D eigenvalue weighted by Gasteiger charge is 2.16. The van der Waals surface area contributed by atoms with Crippen molar-refractivity contribution in [2.45, 2.75) is 38.6 Å². The lowest BCUT2D eigenvalue weighted by Gasteiger charge is -2.14. The zero-order chi connectivity index (χ0) is 13.7. The Balaban J connectivity index is 1.83. The Morgan fingerprint density at radius 3 is 2.95 bits per heavy atom. The molecule has 104 valence electrons. The van der Waals surface area contributed by atoms with Crippen LogP contribution in [-0.2, 0) is 17.6 Å². The van der Waals surface area contributed by atoms with Gasteiger partial charge in [-0.2, -0.15) is 0 Å². The molecule has 1 aromatic carbocycles. The topological polar surface area (TPSA) is 58.6 Å². The van der Waals surface area contributed by atoms with Crippen LogP contribution in [0.2, 0.25) is 0 Å². The first-order chi connectivity index (χ1) is 9.20. The summed E-state index contributed by atoms with van der Waals surface area (Å²) in [5, 5.41) is 11.9. The summed E-state index contributed by atoms with van der Waals surface area (Å²) in [5.41, 5.74) is 2.79. The minimum Gasteiger partial charge on any atom is -0.494 e. The van der Waals surface area contributed by atoms with Crippen LogP contribution in [0.4, 0.5) is 0 Å². The average Bonchev–Trinajstić information content (AvgIpc) is 2.85. The predicted molar refractivity (Wildman–Crippen MR) is 73.7 cm³/mol. The van der Waals surface area contributed by atoms with Crippen molar-refractivity contribution in [3.05, 3.63) is 29.3 Å². The average molecular weight is 263 g/mol. The van der Waals surface area contributed by atoms with Crippen LogP contribution in [0.5, 0.6) is 5.75 Å². The van der Waals surface area contributed by atoms with E-state index in [1.54, 1.807) is 0 Å². The monoisotopic (exact) mass is 263 g/mol. The fourth-order valence-corrected chi connectivity index (χ4v) is 2.49. The van der Waals surface area contributed by atoms with Crippen molar-refractivity contribution in [3.63, 3.8) is 0 Å². The van der Waals surface area contributed by atoms with Crippen LogP contribution >= 0.6 is 0 Å². The van der Waals surface area contributed by atoms with Gasteiger partial charge in [-0.15, -0.1) is 0 Å². The summed E-state index contributed by atoms with van der Waals surface area (Å²) in [6.07, 6.45) is 3.99. The molecule has 1 atom stereocenters. The maximum Gasteiger partial charge on any atom is 0.320 e. The molecule has 1 aliphatic carbocycles. The molecule has 4 nitrogen and oxygen atoms in total. The number of rotatable bonds is 7. The van der Waals surface area contributed by atoms with Crippen LogP contribution < -0.4 is 10.1 Å². The lowest BCUT2D eigenvalue weighted by atomic mass is 10.1. The lowest BCUT2D eigenvalue weighted by molar-refractivity contribution is -0.139. The zero-order valence-corrected chi connectivity index (χ0v) is 11.3. The Labute approximate surface area is 113 Å². The lowest BCUT2D eigenvalue weighted by Crippen LogP contribution is -2.37. The molecule has 1 aliphatic rings. The number of fused-ring (bicyclic) bond motifs is 1. The van der Waals surface area contributed by atoms with E-state index in [0.29, 0.717) is 19.6 Å². The number of likely N-dealkylation sites (N-methyl/N-ethyl adjacent to an activating group) is 1. The van der Waals surface area contributed by atoms with Gasteiger partial charge in [0.1, 0.15) is 11.8 Å². The van der Waals surface area contributed by atoms with Gasteiger partial charge in [0.25, 0.3) is 0 Å². The smallest absolute Gasteiger partial charge is 0.320 e. The van der Waals surface area contributed by atoms with Crippen LogP contribution in [0.15, 0.2) is 18.2 Å². The normalized spacial score (nSPS) is 15.0. The van der Waals surface area contributed by atoms with E-state index in [-0.39, 0.29) is 0 Å². The molecule has 0 spiro atoms. The van der Waals surface area contributed by atoms with Gasteiger partial charge in [0.2, 0.25) is 0 Å². The van der Waals surface area contributed by atoms with Crippen LogP contribution in [-0.4, -0.2) is 30.3 Å². The van der Waals surface area contributed by atoms with E-state index in [2.05, 4.69) is 17.4 Å². The maximum absolute atomic E-state index is 11.0. The fraction of sp³-hybridized carbons (Fsp3) is 0.533. The van der Waals surface area contributed by atoms with Crippen molar-refractivity contribution >= 4 is 5.97 Å². The number of ether oxygens (including phenoxy) is 1. The largest absolute Gasteiger partial charge is 0.494 e. The van der Waals surface area contributed by atoms with E-state index >= 15 is 0 Å². The molecule has 2 rings (SSSR count). The van der Waals surface area contributed by atoms with Crippen LogP contribution in [0.25, 0.3) is 0 Å². The van der Waals surface area contributed by atoms with Crippen molar-refractivity contribution in [2.24, 2.45) is 0 Å². The molecular formula is C15H21NO3. The second kappa shape index (κ2) is 6.57. The summed E-state index contributed by atoms with van der Waals surface area (Å²) < 4.78 is 5.65. The van der Waals surface area contributed by atoms with Gasteiger partial charge in [0.15, 0.2) is 0 Å². The van der Waals surface area contributed by atoms with E-state index in [1.165, 1.54) is 17.5 Å². The molecule has 0 fully saturated rings. The van der Waals surface area contributed by atoms with Gasteiger partial charge in [-0.3, -0.25) is 4.79 Å². The van der Waals surface area contributed by atoms with Crippen molar-refractivity contribution in [2.75, 3.05) is 13.2 Å². The quantitative estimate of drug-likeness (QED) is 0.790. The second-order valence-electron chi connectivity index (χ2n) is 4.87. The Hall–Kier alpha value is -1.55. The molecule has 0 aliphatic heterocycles. The van der Waals surface area contributed by atoms with Crippen LogP contribution in [0.3, 0.4) is 0 Å². The Kier molecular flexibility index (Phi) is 4.80. The van der Waals surface area contributed by atoms with Gasteiger partial charge in [0.05, 0.1) is 6.61 Å². The SMILES string of the molecule is CCNC(CCOc1ccc2c(c1)CCC2)C(=O)O. The summed E-state index contributed by atoms with van der Waals surface area (Å²) in [6.45, 7) is 2.97. The van der Waals surface area contributed by atoms with Crippen molar-refractivity contribution in [3.8, 4) is 5.75 Å². The minimum atomic E-state index is -0.820. The second-order valence-corrected chi connectivity index (χ2v) is 4.87. The van der Waals surface area contributed by atoms with Gasteiger partial charge in [-0.25, -0.2) is 0 Å². The number of carbonyl (C=O) groups is 1. The molecule has 0 amide bonds. The number of carboxylic acids is 1. The highest BCUT2D eigenvalue weighted by atomic mass is 16.5. The van der Waals surface area contributed by atoms with Crippen molar-refractivity contribution in [1.29, 1.82) is 0 Å². The molecule has 1 aromatic rings. The molecule has 0 bridgehead atoms. The molecule has 4 heteroatoms. The maximum atomic E-state index is 11.0. The summed E-state index contributed by atoms with van der Waals surface area (Å²) in [4.78, 5) is 11.0. The fourth-order valence-electron chi connectivity index (χ4n) is 2.49. The first kappa shape index (κ1) is 13.9. The standard InChI is InChI=1S/C15H21NO3/c1-2-16-14(15(17)18)8-9-19-13-7-6-11-4-3-5-12(11)10-13/h6-7,10,14,16H,2-5,8-9H2,1H3,(H,17,18). The summed E-state index contributed by atoms with van der Waals surface area (Å²) >= 11 is 0. The van der Waals surface area contributed by atoms with E-state index in [1.807, 2.05) is 13.0 Å². The molecule has 0 saturated carbocycles. The number of nitrogens with one attached hydrogen (secondary N) is 1. The van der Waals surface area contributed by atoms with E-state index in [0.717, 1.165) is 18.6 Å². The van der Waals surface area contributed by atoms with Crippen molar-refractivity contribution < 1.29 is 14.6 Å². The van der Waals surface area contributed by atoms with Crippen LogP contribution in [0, 0.1) is 0 Å². The molecular weight excluding hydrogens is 242 g/mol. The van der Waals surface area contributed by atoms with Crippen LogP contribution in [0.1, 0.15) is 30.9 Å². The molecule has 1 unspecified atom stereocenters. The molecule has 0 radical (unpaired) electrons. The van der Waals surface area contributed by atoms with Gasteiger partial charge >= 0.3 is 5.97 Å². The Bertz CT molecular complexity index is 445. The highest BCUT2D eigenvalue weighted by molar-refractivity contribution is 5.73. The molecule has 0 saturated heterocycles. The number of carboxylic acid groups (broad SMARTS) is 1. The number of aryl methyl sites for hydroxylation is 2. The van der Waals surface area contributed by atoms with Gasteiger partial charge < -0.3 is 15.2 Å².